The Balaban J connectivity index is 1.57. The first-order valence-corrected chi connectivity index (χ1v) is 11.0. The van der Waals surface area contributed by atoms with Crippen molar-refractivity contribution in [3.63, 3.8) is 0 Å². The van der Waals surface area contributed by atoms with Gasteiger partial charge in [-0.3, -0.25) is 5.43 Å². The van der Waals surface area contributed by atoms with E-state index in [9.17, 15) is 5.26 Å². The predicted octanol–water partition coefficient (Wildman–Crippen LogP) is 5.93. The van der Waals surface area contributed by atoms with Crippen LogP contribution in [0.15, 0.2) is 71.8 Å². The lowest BCUT2D eigenvalue weighted by molar-refractivity contribution is 0.184. The number of rotatable bonds is 7. The molecule has 0 radical (unpaired) electrons. The first-order valence-electron chi connectivity index (χ1n) is 11.0. The number of pyridine rings is 1. The van der Waals surface area contributed by atoms with Crippen molar-refractivity contribution in [3.05, 3.63) is 101 Å². The minimum Gasteiger partial charge on any atom is -0.380 e. The van der Waals surface area contributed by atoms with Crippen molar-refractivity contribution in [1.82, 2.24) is 9.55 Å². The molecular weight excluding hydrogens is 422 g/mol. The van der Waals surface area contributed by atoms with Crippen LogP contribution in [0.1, 0.15) is 33.8 Å². The molecule has 6 heteroatoms. The molecule has 1 N–H and O–H groups in total. The maximum absolute atomic E-state index is 9.59. The van der Waals surface area contributed by atoms with Crippen LogP contribution in [0.5, 0.6) is 0 Å². The molecule has 170 valence electrons. The summed E-state index contributed by atoms with van der Waals surface area (Å²) in [5.41, 5.74) is 11.6. The van der Waals surface area contributed by atoms with Gasteiger partial charge in [0, 0.05) is 41.0 Å². The van der Waals surface area contributed by atoms with Gasteiger partial charge in [-0.15, -0.1) is 0 Å². The number of hydrazone groups is 1. The van der Waals surface area contributed by atoms with E-state index in [4.69, 9.17) is 4.74 Å². The molecule has 0 spiro atoms. The van der Waals surface area contributed by atoms with Crippen molar-refractivity contribution in [1.29, 1.82) is 5.26 Å². The van der Waals surface area contributed by atoms with E-state index in [-0.39, 0.29) is 0 Å². The second kappa shape index (κ2) is 10.2. The summed E-state index contributed by atoms with van der Waals surface area (Å²) in [6.07, 6.45) is 1.76. The van der Waals surface area contributed by atoms with Gasteiger partial charge in [-0.25, -0.2) is 4.98 Å². The summed E-state index contributed by atoms with van der Waals surface area (Å²) in [4.78, 5) is 4.44. The second-order valence-corrected chi connectivity index (χ2v) is 8.14. The maximum atomic E-state index is 9.59. The molecule has 0 amide bonds. The number of hydrogen-bond donors (Lipinski definition) is 1. The van der Waals surface area contributed by atoms with Gasteiger partial charge in [0.2, 0.25) is 0 Å². The fourth-order valence-electron chi connectivity index (χ4n) is 4.13. The molecule has 4 rings (SSSR count). The van der Waals surface area contributed by atoms with E-state index in [2.05, 4.69) is 82.5 Å². The number of methoxy groups -OCH3 is 1. The molecule has 2 heterocycles. The van der Waals surface area contributed by atoms with Gasteiger partial charge in [0.25, 0.3) is 0 Å². The molecule has 4 aromatic rings. The number of benzene rings is 2. The number of ether oxygens (including phenoxy) is 1. The molecular formula is C28H27N5O. The Morgan fingerprint density at radius 2 is 1.74 bits per heavy atom. The first-order chi connectivity index (χ1) is 16.5. The van der Waals surface area contributed by atoms with Crippen molar-refractivity contribution in [2.45, 2.75) is 27.4 Å². The highest BCUT2D eigenvalue weighted by Gasteiger charge is 2.12. The minimum atomic E-state index is 0.342. The van der Waals surface area contributed by atoms with E-state index in [0.717, 1.165) is 33.9 Å². The Bertz CT molecular complexity index is 1360. The third kappa shape index (κ3) is 4.75. The summed E-state index contributed by atoms with van der Waals surface area (Å²) in [7, 11) is 1.60. The summed E-state index contributed by atoms with van der Waals surface area (Å²) in [6, 6.07) is 25.1. The van der Waals surface area contributed by atoms with Gasteiger partial charge in [-0.1, -0.05) is 42.5 Å². The van der Waals surface area contributed by atoms with Crippen molar-refractivity contribution < 1.29 is 4.74 Å². The summed E-state index contributed by atoms with van der Waals surface area (Å²) < 4.78 is 7.42. The monoisotopic (exact) mass is 449 g/mol. The first kappa shape index (κ1) is 23.0. The maximum Gasteiger partial charge on any atom is 0.164 e. The molecule has 0 saturated heterocycles. The highest BCUT2D eigenvalue weighted by Crippen LogP contribution is 2.24. The normalized spacial score (nSPS) is 11.0. The van der Waals surface area contributed by atoms with Gasteiger partial charge < -0.3 is 9.30 Å². The zero-order chi connectivity index (χ0) is 24.1. The van der Waals surface area contributed by atoms with Crippen LogP contribution in [-0.4, -0.2) is 22.9 Å². The lowest BCUT2D eigenvalue weighted by atomic mass is 10.1. The van der Waals surface area contributed by atoms with Gasteiger partial charge in [0.05, 0.1) is 12.8 Å². The van der Waals surface area contributed by atoms with Crippen molar-refractivity contribution in [2.75, 3.05) is 12.5 Å². The van der Waals surface area contributed by atoms with Gasteiger partial charge in [0.1, 0.15) is 11.6 Å². The Hall–Kier alpha value is -4.21. The lowest BCUT2D eigenvalue weighted by Gasteiger charge is -2.11. The van der Waals surface area contributed by atoms with Crippen LogP contribution in [0.25, 0.3) is 16.8 Å². The molecule has 6 nitrogen and oxygen atoms in total. The average molecular weight is 450 g/mol. The van der Waals surface area contributed by atoms with Crippen molar-refractivity contribution in [3.8, 4) is 22.9 Å². The van der Waals surface area contributed by atoms with E-state index in [0.29, 0.717) is 18.0 Å². The summed E-state index contributed by atoms with van der Waals surface area (Å²) in [6.45, 7) is 6.37. The van der Waals surface area contributed by atoms with Gasteiger partial charge in [0.15, 0.2) is 5.82 Å². The summed E-state index contributed by atoms with van der Waals surface area (Å²) in [5, 5.41) is 14.0. The van der Waals surface area contributed by atoms with Gasteiger partial charge in [-0.05, 0) is 56.2 Å². The third-order valence-corrected chi connectivity index (χ3v) is 5.72. The standard InChI is InChI=1S/C28H27N5O/c1-19-14-25(18-34-4)27(16-29)28(31-19)32-30-17-24-15-20(2)33(21(24)3)26-12-10-23(11-13-26)22-8-6-5-7-9-22/h5-15,17H,18H2,1-4H3,(H,31,32). The summed E-state index contributed by atoms with van der Waals surface area (Å²) >= 11 is 0. The zero-order valence-electron chi connectivity index (χ0n) is 19.8. The molecule has 0 bridgehead atoms. The van der Waals surface area contributed by atoms with E-state index in [1.807, 2.05) is 31.2 Å². The largest absolute Gasteiger partial charge is 0.380 e. The summed E-state index contributed by atoms with van der Waals surface area (Å²) in [5.74, 6) is 0.427. The Kier molecular flexibility index (Phi) is 6.86. The Labute approximate surface area is 200 Å². The molecule has 0 saturated carbocycles. The smallest absolute Gasteiger partial charge is 0.164 e. The lowest BCUT2D eigenvalue weighted by Crippen LogP contribution is -2.04. The van der Waals surface area contributed by atoms with Crippen LogP contribution in [0, 0.1) is 32.1 Å². The number of anilines is 1. The molecule has 0 fully saturated rings. The van der Waals surface area contributed by atoms with E-state index in [1.165, 1.54) is 11.1 Å². The molecule has 2 aromatic heterocycles. The SMILES string of the molecule is COCc1cc(C)nc(NN=Cc2cc(C)n(-c3ccc(-c4ccccc4)cc3)c2C)c1C#N. The molecule has 34 heavy (non-hydrogen) atoms. The molecule has 2 aromatic carbocycles. The fourth-order valence-corrected chi connectivity index (χ4v) is 4.13. The van der Waals surface area contributed by atoms with Crippen LogP contribution >= 0.6 is 0 Å². The van der Waals surface area contributed by atoms with E-state index in [1.54, 1.807) is 13.3 Å². The van der Waals surface area contributed by atoms with E-state index < -0.39 is 0 Å². The van der Waals surface area contributed by atoms with Crippen LogP contribution in [0.4, 0.5) is 5.82 Å². The molecule has 0 aliphatic rings. The molecule has 0 atom stereocenters. The number of nitrogens with zero attached hydrogens (tertiary/aromatic N) is 4. The number of nitrogens with one attached hydrogen (secondary N) is 1. The second-order valence-electron chi connectivity index (χ2n) is 8.14. The Morgan fingerprint density at radius 3 is 2.41 bits per heavy atom. The number of nitriles is 1. The minimum absolute atomic E-state index is 0.342. The molecule has 0 aliphatic carbocycles. The van der Waals surface area contributed by atoms with Crippen LogP contribution in [0.3, 0.4) is 0 Å². The molecule has 0 unspecified atom stereocenters. The van der Waals surface area contributed by atoms with Crippen LogP contribution in [0.2, 0.25) is 0 Å². The quantitative estimate of drug-likeness (QED) is 0.280. The number of aryl methyl sites for hydroxylation is 2. The number of hydrogen-bond acceptors (Lipinski definition) is 5. The number of aromatic nitrogens is 2. The van der Waals surface area contributed by atoms with E-state index >= 15 is 0 Å². The topological polar surface area (TPSA) is 75.2 Å². The van der Waals surface area contributed by atoms with Crippen molar-refractivity contribution in [2.24, 2.45) is 5.10 Å². The average Bonchev–Trinajstić information content (AvgIpc) is 3.12. The molecule has 0 aliphatic heterocycles. The van der Waals surface area contributed by atoms with Gasteiger partial charge >= 0.3 is 0 Å². The van der Waals surface area contributed by atoms with Gasteiger partial charge in [-0.2, -0.15) is 10.4 Å². The highest BCUT2D eigenvalue weighted by atomic mass is 16.5. The zero-order valence-corrected chi connectivity index (χ0v) is 19.8. The predicted molar refractivity (Wildman–Crippen MR) is 136 cm³/mol. The van der Waals surface area contributed by atoms with Crippen LogP contribution in [-0.2, 0) is 11.3 Å². The fraction of sp³-hybridized carbons (Fsp3) is 0.179. The van der Waals surface area contributed by atoms with Crippen molar-refractivity contribution >= 4 is 12.0 Å². The third-order valence-electron chi connectivity index (χ3n) is 5.72. The Morgan fingerprint density at radius 1 is 1.03 bits per heavy atom. The van der Waals surface area contributed by atoms with Crippen LogP contribution < -0.4 is 5.43 Å². The highest BCUT2D eigenvalue weighted by molar-refractivity contribution is 5.83.